The van der Waals surface area contributed by atoms with Crippen LogP contribution in [0, 0.1) is 11.8 Å². The number of carbonyl (C=O) groups excluding carboxylic acids is 2. The van der Waals surface area contributed by atoms with Crippen molar-refractivity contribution in [1.29, 1.82) is 0 Å². The van der Waals surface area contributed by atoms with Gasteiger partial charge in [-0.15, -0.1) is 0 Å². The fourth-order valence-corrected chi connectivity index (χ4v) is 3.01. The monoisotopic (exact) mass is 260 g/mol. The summed E-state index contributed by atoms with van der Waals surface area (Å²) in [6, 6.07) is 7.53. The van der Waals surface area contributed by atoms with Gasteiger partial charge in [-0.3, -0.25) is 14.5 Å². The molecular formula is C14H16N2O3. The van der Waals surface area contributed by atoms with E-state index in [0.717, 1.165) is 11.3 Å². The van der Waals surface area contributed by atoms with E-state index in [2.05, 4.69) is 5.32 Å². The average Bonchev–Trinajstić information content (AvgIpc) is 2.96. The van der Waals surface area contributed by atoms with Crippen LogP contribution in [0.5, 0.6) is 5.75 Å². The van der Waals surface area contributed by atoms with Crippen LogP contribution in [0.4, 0.5) is 0 Å². The molecule has 2 aliphatic rings. The average molecular weight is 260 g/mol. The first-order valence-corrected chi connectivity index (χ1v) is 6.32. The highest BCUT2D eigenvalue weighted by atomic mass is 16.5. The van der Waals surface area contributed by atoms with Crippen molar-refractivity contribution in [3.63, 3.8) is 0 Å². The number of amides is 2. The summed E-state index contributed by atoms with van der Waals surface area (Å²) in [6.45, 7) is 0.566. The van der Waals surface area contributed by atoms with Crippen LogP contribution in [-0.2, 0) is 9.59 Å². The molecule has 5 nitrogen and oxygen atoms in total. The van der Waals surface area contributed by atoms with Gasteiger partial charge in [0.2, 0.25) is 11.8 Å². The Morgan fingerprint density at radius 1 is 1.21 bits per heavy atom. The Morgan fingerprint density at radius 3 is 2.53 bits per heavy atom. The molecule has 1 aromatic rings. The summed E-state index contributed by atoms with van der Waals surface area (Å²) in [6.07, 6.45) is 0. The predicted molar refractivity (Wildman–Crippen MR) is 68.5 cm³/mol. The van der Waals surface area contributed by atoms with E-state index < -0.39 is 0 Å². The van der Waals surface area contributed by atoms with Crippen LogP contribution >= 0.6 is 0 Å². The second kappa shape index (κ2) is 4.35. The highest BCUT2D eigenvalue weighted by molar-refractivity contribution is 6.05. The standard InChI is InChI=1S/C14H16N2O3/c1-16-13(17)10-7-15-12(11(10)14(16)18)8-3-5-9(19-2)6-4-8/h3-6,10-12,15H,7H2,1-2H3/t10-,11-,12?/m0/s1. The number of carbonyl (C=O) groups is 2. The van der Waals surface area contributed by atoms with Gasteiger partial charge < -0.3 is 10.1 Å². The lowest BCUT2D eigenvalue weighted by Gasteiger charge is -2.18. The van der Waals surface area contributed by atoms with Gasteiger partial charge in [0.15, 0.2) is 0 Å². The first kappa shape index (κ1) is 12.2. The summed E-state index contributed by atoms with van der Waals surface area (Å²) >= 11 is 0. The fraction of sp³-hybridized carbons (Fsp3) is 0.429. The number of ether oxygens (including phenoxy) is 1. The first-order valence-electron chi connectivity index (χ1n) is 6.32. The Hall–Kier alpha value is -1.88. The van der Waals surface area contributed by atoms with Crippen molar-refractivity contribution >= 4 is 11.8 Å². The van der Waals surface area contributed by atoms with E-state index in [-0.39, 0.29) is 29.7 Å². The van der Waals surface area contributed by atoms with E-state index in [9.17, 15) is 9.59 Å². The normalized spacial score (nSPS) is 29.8. The van der Waals surface area contributed by atoms with Gasteiger partial charge in [-0.05, 0) is 17.7 Å². The number of hydrogen-bond acceptors (Lipinski definition) is 4. The van der Waals surface area contributed by atoms with Gasteiger partial charge in [-0.25, -0.2) is 0 Å². The molecule has 0 saturated carbocycles. The second-order valence-corrected chi connectivity index (χ2v) is 5.03. The molecule has 0 aliphatic carbocycles. The molecule has 1 aromatic carbocycles. The maximum absolute atomic E-state index is 12.1. The van der Waals surface area contributed by atoms with Gasteiger partial charge in [-0.1, -0.05) is 12.1 Å². The number of nitrogens with zero attached hydrogens (tertiary/aromatic N) is 1. The van der Waals surface area contributed by atoms with Crippen molar-refractivity contribution in [1.82, 2.24) is 10.2 Å². The lowest BCUT2D eigenvalue weighted by atomic mass is 9.89. The van der Waals surface area contributed by atoms with Crippen molar-refractivity contribution < 1.29 is 14.3 Å². The molecule has 0 bridgehead atoms. The maximum atomic E-state index is 12.1. The molecule has 19 heavy (non-hydrogen) atoms. The number of imide groups is 1. The Bertz CT molecular complexity index is 526. The van der Waals surface area contributed by atoms with E-state index in [0.29, 0.717) is 6.54 Å². The molecular weight excluding hydrogens is 244 g/mol. The van der Waals surface area contributed by atoms with Crippen molar-refractivity contribution in [3.8, 4) is 5.75 Å². The third kappa shape index (κ3) is 1.73. The zero-order valence-electron chi connectivity index (χ0n) is 10.9. The van der Waals surface area contributed by atoms with Crippen molar-refractivity contribution in [2.24, 2.45) is 11.8 Å². The van der Waals surface area contributed by atoms with Crippen LogP contribution in [0.1, 0.15) is 11.6 Å². The van der Waals surface area contributed by atoms with Crippen LogP contribution < -0.4 is 10.1 Å². The molecule has 0 aromatic heterocycles. The minimum atomic E-state index is -0.272. The van der Waals surface area contributed by atoms with Gasteiger partial charge in [0.1, 0.15) is 5.75 Å². The SMILES string of the molecule is COc1ccc(C2NC[C@@H]3C(=O)N(C)C(=O)[C@H]23)cc1. The Balaban J connectivity index is 1.90. The third-order valence-corrected chi connectivity index (χ3v) is 4.09. The maximum Gasteiger partial charge on any atom is 0.234 e. The molecule has 3 atom stereocenters. The molecule has 0 radical (unpaired) electrons. The Kier molecular flexibility index (Phi) is 2.78. The molecule has 100 valence electrons. The third-order valence-electron chi connectivity index (χ3n) is 4.09. The zero-order chi connectivity index (χ0) is 13.6. The summed E-state index contributed by atoms with van der Waals surface area (Å²) in [4.78, 5) is 25.3. The fourth-order valence-electron chi connectivity index (χ4n) is 3.01. The van der Waals surface area contributed by atoms with Crippen LogP contribution in [0.3, 0.4) is 0 Å². The second-order valence-electron chi connectivity index (χ2n) is 5.03. The summed E-state index contributed by atoms with van der Waals surface area (Å²) < 4.78 is 5.12. The quantitative estimate of drug-likeness (QED) is 0.790. The number of likely N-dealkylation sites (tertiary alicyclic amines) is 1. The molecule has 2 saturated heterocycles. The van der Waals surface area contributed by atoms with E-state index in [4.69, 9.17) is 4.74 Å². The molecule has 1 unspecified atom stereocenters. The van der Waals surface area contributed by atoms with E-state index in [1.54, 1.807) is 14.2 Å². The number of nitrogens with one attached hydrogen (secondary N) is 1. The van der Waals surface area contributed by atoms with Crippen LogP contribution in [0.15, 0.2) is 24.3 Å². The number of rotatable bonds is 2. The molecule has 3 rings (SSSR count). The molecule has 0 spiro atoms. The zero-order valence-corrected chi connectivity index (χ0v) is 10.9. The van der Waals surface area contributed by atoms with E-state index >= 15 is 0 Å². The lowest BCUT2D eigenvalue weighted by molar-refractivity contribution is -0.138. The van der Waals surface area contributed by atoms with Crippen LogP contribution in [-0.4, -0.2) is 37.4 Å². The van der Waals surface area contributed by atoms with Gasteiger partial charge >= 0.3 is 0 Å². The van der Waals surface area contributed by atoms with Gasteiger partial charge in [0.05, 0.1) is 18.9 Å². The summed E-state index contributed by atoms with van der Waals surface area (Å²) in [7, 11) is 3.18. The Labute approximate surface area is 111 Å². The molecule has 2 heterocycles. The van der Waals surface area contributed by atoms with Gasteiger partial charge in [-0.2, -0.15) is 0 Å². The predicted octanol–water partition coefficient (Wildman–Crippen LogP) is 0.570. The summed E-state index contributed by atoms with van der Waals surface area (Å²) in [5.74, 6) is 0.138. The van der Waals surface area contributed by atoms with E-state index in [1.165, 1.54) is 4.90 Å². The van der Waals surface area contributed by atoms with Crippen molar-refractivity contribution in [2.45, 2.75) is 6.04 Å². The minimum absolute atomic E-state index is 0.0708. The summed E-state index contributed by atoms with van der Waals surface area (Å²) in [5, 5.41) is 3.28. The minimum Gasteiger partial charge on any atom is -0.497 e. The lowest BCUT2D eigenvalue weighted by Crippen LogP contribution is -2.32. The van der Waals surface area contributed by atoms with Gasteiger partial charge in [0, 0.05) is 19.6 Å². The first-order chi connectivity index (χ1) is 9.13. The number of fused-ring (bicyclic) bond motifs is 1. The Morgan fingerprint density at radius 2 is 1.89 bits per heavy atom. The highest BCUT2D eigenvalue weighted by Gasteiger charge is 2.53. The van der Waals surface area contributed by atoms with E-state index in [1.807, 2.05) is 24.3 Å². The topological polar surface area (TPSA) is 58.6 Å². The highest BCUT2D eigenvalue weighted by Crippen LogP contribution is 2.40. The van der Waals surface area contributed by atoms with Crippen molar-refractivity contribution in [3.05, 3.63) is 29.8 Å². The largest absolute Gasteiger partial charge is 0.497 e. The van der Waals surface area contributed by atoms with Gasteiger partial charge in [0.25, 0.3) is 0 Å². The molecule has 1 N–H and O–H groups in total. The molecule has 2 fully saturated rings. The molecule has 2 aliphatic heterocycles. The molecule has 2 amide bonds. The molecule has 5 heteroatoms. The van der Waals surface area contributed by atoms with Crippen LogP contribution in [0.25, 0.3) is 0 Å². The van der Waals surface area contributed by atoms with Crippen LogP contribution in [0.2, 0.25) is 0 Å². The number of methoxy groups -OCH3 is 1. The smallest absolute Gasteiger partial charge is 0.234 e. The number of hydrogen-bond donors (Lipinski definition) is 1. The summed E-state index contributed by atoms with van der Waals surface area (Å²) in [5.41, 5.74) is 1.02. The number of benzene rings is 1. The van der Waals surface area contributed by atoms with Crippen molar-refractivity contribution in [2.75, 3.05) is 20.7 Å².